The molecule has 2 saturated heterocycles. The second-order valence-electron chi connectivity index (χ2n) is 9.43. The SMILES string of the molecule is O=C(CN1CCN(CC(=O)N2CCOCC2)CC1)Nc1ccc2c(c1)OC1(CCCCC1)O2. The summed E-state index contributed by atoms with van der Waals surface area (Å²) in [7, 11) is 0. The van der Waals surface area contributed by atoms with Crippen LogP contribution >= 0.6 is 0 Å². The van der Waals surface area contributed by atoms with Crippen LogP contribution in [0.3, 0.4) is 0 Å². The van der Waals surface area contributed by atoms with Crippen molar-refractivity contribution in [3.05, 3.63) is 18.2 Å². The van der Waals surface area contributed by atoms with Gasteiger partial charge in [-0.05, 0) is 25.0 Å². The van der Waals surface area contributed by atoms with Gasteiger partial charge in [0.1, 0.15) is 0 Å². The van der Waals surface area contributed by atoms with Gasteiger partial charge in [-0.15, -0.1) is 0 Å². The van der Waals surface area contributed by atoms with Crippen LogP contribution in [0.2, 0.25) is 0 Å². The first kappa shape index (κ1) is 22.4. The lowest BCUT2D eigenvalue weighted by Crippen LogP contribution is -2.52. The van der Waals surface area contributed by atoms with Gasteiger partial charge in [-0.2, -0.15) is 0 Å². The summed E-state index contributed by atoms with van der Waals surface area (Å²) in [6, 6.07) is 5.63. The molecular formula is C24H34N4O5. The Balaban J connectivity index is 1.06. The molecule has 3 heterocycles. The molecule has 1 aliphatic carbocycles. The average Bonchev–Trinajstić information content (AvgIpc) is 3.17. The lowest BCUT2D eigenvalue weighted by Gasteiger charge is -2.35. The maximum absolute atomic E-state index is 12.6. The van der Waals surface area contributed by atoms with Gasteiger partial charge < -0.3 is 24.4 Å². The van der Waals surface area contributed by atoms with E-state index >= 15 is 0 Å². The standard InChI is InChI=1S/C24H34N4O5/c29-22(17-26-8-10-27(11-9-26)18-23(30)28-12-14-31-15-13-28)25-19-4-5-20-21(16-19)33-24(32-20)6-2-1-3-7-24/h4-5,16H,1-3,6-15,17-18H2,(H,25,29). The molecule has 0 unspecified atom stereocenters. The number of ether oxygens (including phenoxy) is 3. The number of benzene rings is 1. The smallest absolute Gasteiger partial charge is 0.251 e. The minimum absolute atomic E-state index is 0.0425. The van der Waals surface area contributed by atoms with E-state index < -0.39 is 5.79 Å². The number of rotatable bonds is 5. The monoisotopic (exact) mass is 458 g/mol. The Hall–Kier alpha value is -2.36. The summed E-state index contributed by atoms with van der Waals surface area (Å²) in [6.07, 6.45) is 5.28. The van der Waals surface area contributed by atoms with Crippen LogP contribution in [0.5, 0.6) is 11.5 Å². The summed E-state index contributed by atoms with van der Waals surface area (Å²) in [5, 5.41) is 2.99. The number of hydrogen-bond donors (Lipinski definition) is 1. The van der Waals surface area contributed by atoms with Gasteiger partial charge in [-0.3, -0.25) is 19.4 Å². The summed E-state index contributed by atoms with van der Waals surface area (Å²) < 4.78 is 17.6. The van der Waals surface area contributed by atoms with Crippen molar-refractivity contribution in [2.75, 3.05) is 70.9 Å². The summed E-state index contributed by atoms with van der Waals surface area (Å²) in [5.41, 5.74) is 0.727. The molecule has 2 amide bonds. The summed E-state index contributed by atoms with van der Waals surface area (Å²) >= 11 is 0. The molecule has 1 aromatic carbocycles. The third-order valence-corrected chi connectivity index (χ3v) is 6.99. The van der Waals surface area contributed by atoms with Gasteiger partial charge in [0.2, 0.25) is 11.8 Å². The lowest BCUT2D eigenvalue weighted by atomic mass is 9.94. The number of hydrogen-bond acceptors (Lipinski definition) is 7. The number of nitrogens with one attached hydrogen (secondary N) is 1. The van der Waals surface area contributed by atoms with Crippen molar-refractivity contribution in [2.24, 2.45) is 0 Å². The van der Waals surface area contributed by atoms with Crippen LogP contribution in [0.25, 0.3) is 0 Å². The third kappa shape index (κ3) is 5.42. The van der Waals surface area contributed by atoms with Crippen molar-refractivity contribution in [1.82, 2.24) is 14.7 Å². The number of morpholine rings is 1. The fourth-order valence-electron chi connectivity index (χ4n) is 5.08. The van der Waals surface area contributed by atoms with Gasteiger partial charge in [0.05, 0.1) is 26.3 Å². The van der Waals surface area contributed by atoms with E-state index in [1.165, 1.54) is 6.42 Å². The van der Waals surface area contributed by atoms with E-state index in [0.29, 0.717) is 45.1 Å². The van der Waals surface area contributed by atoms with Crippen molar-refractivity contribution in [3.8, 4) is 11.5 Å². The number of carbonyl (C=O) groups is 2. The Morgan fingerprint density at radius 2 is 1.52 bits per heavy atom. The lowest BCUT2D eigenvalue weighted by molar-refractivity contribution is -0.137. The first-order chi connectivity index (χ1) is 16.1. The molecule has 33 heavy (non-hydrogen) atoms. The molecule has 4 aliphatic rings. The van der Waals surface area contributed by atoms with Crippen LogP contribution in [0.1, 0.15) is 32.1 Å². The maximum atomic E-state index is 12.6. The minimum Gasteiger partial charge on any atom is -0.448 e. The number of fused-ring (bicyclic) bond motifs is 1. The zero-order chi connectivity index (χ0) is 22.7. The fraction of sp³-hybridized carbons (Fsp3) is 0.667. The molecule has 1 spiro atoms. The van der Waals surface area contributed by atoms with Crippen molar-refractivity contribution >= 4 is 17.5 Å². The third-order valence-electron chi connectivity index (χ3n) is 6.99. The number of amides is 2. The predicted molar refractivity (Wildman–Crippen MR) is 122 cm³/mol. The van der Waals surface area contributed by atoms with Crippen molar-refractivity contribution in [2.45, 2.75) is 37.9 Å². The highest BCUT2D eigenvalue weighted by Gasteiger charge is 2.42. The van der Waals surface area contributed by atoms with Crippen LogP contribution in [0.4, 0.5) is 5.69 Å². The van der Waals surface area contributed by atoms with Crippen molar-refractivity contribution in [1.29, 1.82) is 0 Å². The van der Waals surface area contributed by atoms with Crippen LogP contribution in [-0.4, -0.2) is 97.9 Å². The van der Waals surface area contributed by atoms with E-state index in [0.717, 1.165) is 63.3 Å². The molecule has 9 nitrogen and oxygen atoms in total. The summed E-state index contributed by atoms with van der Waals surface area (Å²) in [5.74, 6) is 1.10. The Morgan fingerprint density at radius 3 is 2.24 bits per heavy atom. The quantitative estimate of drug-likeness (QED) is 0.717. The van der Waals surface area contributed by atoms with E-state index in [4.69, 9.17) is 14.2 Å². The Bertz CT molecular complexity index is 858. The summed E-state index contributed by atoms with van der Waals surface area (Å²) in [6.45, 7) is 6.51. The van der Waals surface area contributed by atoms with Gasteiger partial charge in [0.25, 0.3) is 5.79 Å². The van der Waals surface area contributed by atoms with Gasteiger partial charge in [0.15, 0.2) is 11.5 Å². The largest absolute Gasteiger partial charge is 0.448 e. The maximum Gasteiger partial charge on any atom is 0.251 e. The molecule has 3 fully saturated rings. The summed E-state index contributed by atoms with van der Waals surface area (Å²) in [4.78, 5) is 31.3. The van der Waals surface area contributed by atoms with Crippen molar-refractivity contribution < 1.29 is 23.8 Å². The van der Waals surface area contributed by atoms with Gasteiger partial charge in [-0.25, -0.2) is 0 Å². The molecule has 1 N–H and O–H groups in total. The first-order valence-corrected chi connectivity index (χ1v) is 12.2. The second-order valence-corrected chi connectivity index (χ2v) is 9.43. The number of nitrogens with zero attached hydrogens (tertiary/aromatic N) is 3. The Kier molecular flexibility index (Phi) is 6.71. The molecule has 9 heteroatoms. The molecule has 1 aromatic rings. The molecule has 5 rings (SSSR count). The zero-order valence-corrected chi connectivity index (χ0v) is 19.2. The van der Waals surface area contributed by atoms with E-state index in [1.807, 2.05) is 23.1 Å². The van der Waals surface area contributed by atoms with E-state index in [2.05, 4.69) is 15.1 Å². The van der Waals surface area contributed by atoms with Gasteiger partial charge in [0, 0.05) is 63.9 Å². The Labute approximate surface area is 194 Å². The molecule has 1 saturated carbocycles. The van der Waals surface area contributed by atoms with Crippen molar-refractivity contribution in [3.63, 3.8) is 0 Å². The first-order valence-electron chi connectivity index (χ1n) is 12.2. The van der Waals surface area contributed by atoms with E-state index in [9.17, 15) is 9.59 Å². The Morgan fingerprint density at radius 1 is 0.848 bits per heavy atom. The predicted octanol–water partition coefficient (Wildman–Crippen LogP) is 1.53. The normalized spacial score (nSPS) is 23.0. The van der Waals surface area contributed by atoms with Crippen LogP contribution in [-0.2, 0) is 14.3 Å². The molecule has 0 aromatic heterocycles. The number of carbonyl (C=O) groups excluding carboxylic acids is 2. The second kappa shape index (κ2) is 9.87. The topological polar surface area (TPSA) is 83.6 Å². The molecule has 0 radical (unpaired) electrons. The number of anilines is 1. The molecule has 0 bridgehead atoms. The zero-order valence-electron chi connectivity index (χ0n) is 19.2. The van der Waals surface area contributed by atoms with E-state index in [1.54, 1.807) is 0 Å². The number of piperazine rings is 1. The highest BCUT2D eigenvalue weighted by Crippen LogP contribution is 2.46. The molecule has 3 aliphatic heterocycles. The molecule has 180 valence electrons. The van der Waals surface area contributed by atoms with Gasteiger partial charge in [-0.1, -0.05) is 6.42 Å². The molecule has 0 atom stereocenters. The minimum atomic E-state index is -0.508. The van der Waals surface area contributed by atoms with E-state index in [-0.39, 0.29) is 11.8 Å². The average molecular weight is 459 g/mol. The van der Waals surface area contributed by atoms with Gasteiger partial charge >= 0.3 is 0 Å². The van der Waals surface area contributed by atoms with Crippen LogP contribution in [0, 0.1) is 0 Å². The molecular weight excluding hydrogens is 424 g/mol. The highest BCUT2D eigenvalue weighted by molar-refractivity contribution is 5.92. The highest BCUT2D eigenvalue weighted by atomic mass is 16.7. The fourth-order valence-corrected chi connectivity index (χ4v) is 5.08. The van der Waals surface area contributed by atoms with Crippen LogP contribution in [0.15, 0.2) is 18.2 Å². The van der Waals surface area contributed by atoms with Crippen LogP contribution < -0.4 is 14.8 Å².